The molecule has 0 amide bonds. The standard InChI is InChI=1S/C19H31NO3/c1-15(2)8-10-23-19-11-16(6-7-18(19)21-3)12-20-13-17-5-4-9-22-14-17/h6-7,11,15,17,20H,4-5,8-10,12-14H2,1-3H3. The Hall–Kier alpha value is -1.26. The lowest BCUT2D eigenvalue weighted by molar-refractivity contribution is 0.0547. The van der Waals surface area contributed by atoms with Crippen LogP contribution in [0.1, 0.15) is 38.7 Å². The minimum Gasteiger partial charge on any atom is -0.493 e. The Labute approximate surface area is 140 Å². The van der Waals surface area contributed by atoms with Crippen LogP contribution in [-0.4, -0.2) is 33.5 Å². The second kappa shape index (κ2) is 9.78. The fraction of sp³-hybridized carbons (Fsp3) is 0.684. The fourth-order valence-corrected chi connectivity index (χ4v) is 2.74. The Morgan fingerprint density at radius 1 is 1.30 bits per heavy atom. The molecular formula is C19H31NO3. The van der Waals surface area contributed by atoms with Crippen LogP contribution < -0.4 is 14.8 Å². The summed E-state index contributed by atoms with van der Waals surface area (Å²) >= 11 is 0. The molecule has 4 heteroatoms. The van der Waals surface area contributed by atoms with Crippen molar-refractivity contribution in [2.24, 2.45) is 11.8 Å². The van der Waals surface area contributed by atoms with Gasteiger partial charge in [0.1, 0.15) is 0 Å². The van der Waals surface area contributed by atoms with Gasteiger partial charge in [-0.05, 0) is 48.8 Å². The number of hydrogen-bond acceptors (Lipinski definition) is 4. The maximum absolute atomic E-state index is 5.90. The van der Waals surface area contributed by atoms with Crippen molar-refractivity contribution in [2.75, 3.05) is 33.5 Å². The van der Waals surface area contributed by atoms with Gasteiger partial charge in [-0.15, -0.1) is 0 Å². The lowest BCUT2D eigenvalue weighted by Crippen LogP contribution is -2.28. The molecule has 1 fully saturated rings. The lowest BCUT2D eigenvalue weighted by atomic mass is 10.0. The van der Waals surface area contributed by atoms with Crippen molar-refractivity contribution in [3.8, 4) is 11.5 Å². The van der Waals surface area contributed by atoms with Gasteiger partial charge in [-0.25, -0.2) is 0 Å². The highest BCUT2D eigenvalue weighted by atomic mass is 16.5. The van der Waals surface area contributed by atoms with E-state index in [1.165, 1.54) is 18.4 Å². The minimum atomic E-state index is 0.642. The van der Waals surface area contributed by atoms with E-state index in [0.717, 1.165) is 50.8 Å². The molecule has 23 heavy (non-hydrogen) atoms. The van der Waals surface area contributed by atoms with Gasteiger partial charge >= 0.3 is 0 Å². The molecule has 1 aliphatic heterocycles. The van der Waals surface area contributed by atoms with E-state index in [0.29, 0.717) is 11.8 Å². The third-order valence-corrected chi connectivity index (χ3v) is 4.20. The van der Waals surface area contributed by atoms with E-state index < -0.39 is 0 Å². The van der Waals surface area contributed by atoms with Crippen LogP contribution >= 0.6 is 0 Å². The van der Waals surface area contributed by atoms with E-state index in [4.69, 9.17) is 14.2 Å². The average Bonchev–Trinajstić information content (AvgIpc) is 2.56. The van der Waals surface area contributed by atoms with Crippen LogP contribution in [-0.2, 0) is 11.3 Å². The van der Waals surface area contributed by atoms with Gasteiger partial charge in [-0.2, -0.15) is 0 Å². The molecule has 130 valence electrons. The molecule has 1 aliphatic rings. The van der Waals surface area contributed by atoms with Crippen LogP contribution in [0.2, 0.25) is 0 Å². The van der Waals surface area contributed by atoms with Crippen molar-refractivity contribution in [1.29, 1.82) is 0 Å². The number of rotatable bonds is 9. The van der Waals surface area contributed by atoms with Crippen molar-refractivity contribution in [3.63, 3.8) is 0 Å². The van der Waals surface area contributed by atoms with Gasteiger partial charge in [0, 0.05) is 19.7 Å². The quantitative estimate of drug-likeness (QED) is 0.754. The molecule has 1 N–H and O–H groups in total. The van der Waals surface area contributed by atoms with Crippen molar-refractivity contribution in [2.45, 2.75) is 39.7 Å². The summed E-state index contributed by atoms with van der Waals surface area (Å²) in [5.74, 6) is 2.93. The maximum atomic E-state index is 5.90. The van der Waals surface area contributed by atoms with Gasteiger partial charge in [-0.3, -0.25) is 0 Å². The summed E-state index contributed by atoms with van der Waals surface area (Å²) in [6, 6.07) is 6.17. The second-order valence-electron chi connectivity index (χ2n) is 6.73. The van der Waals surface area contributed by atoms with E-state index >= 15 is 0 Å². The predicted molar refractivity (Wildman–Crippen MR) is 93.2 cm³/mol. The van der Waals surface area contributed by atoms with E-state index in [1.54, 1.807) is 7.11 Å². The van der Waals surface area contributed by atoms with Crippen molar-refractivity contribution in [1.82, 2.24) is 5.32 Å². The first-order chi connectivity index (χ1) is 11.2. The van der Waals surface area contributed by atoms with Gasteiger partial charge in [0.2, 0.25) is 0 Å². The second-order valence-corrected chi connectivity index (χ2v) is 6.73. The fourth-order valence-electron chi connectivity index (χ4n) is 2.74. The molecule has 0 aromatic heterocycles. The highest BCUT2D eigenvalue weighted by Crippen LogP contribution is 2.28. The summed E-state index contributed by atoms with van der Waals surface area (Å²) in [6.07, 6.45) is 3.50. The van der Waals surface area contributed by atoms with E-state index in [1.807, 2.05) is 6.07 Å². The third kappa shape index (κ3) is 6.40. The molecule has 0 saturated carbocycles. The van der Waals surface area contributed by atoms with E-state index in [9.17, 15) is 0 Å². The van der Waals surface area contributed by atoms with Crippen LogP contribution in [0.5, 0.6) is 11.5 Å². The largest absolute Gasteiger partial charge is 0.493 e. The molecule has 0 spiro atoms. The Bertz CT molecular complexity index is 456. The zero-order chi connectivity index (χ0) is 16.5. The molecule has 4 nitrogen and oxygen atoms in total. The predicted octanol–water partition coefficient (Wildman–Crippen LogP) is 3.64. The van der Waals surface area contributed by atoms with Crippen molar-refractivity contribution >= 4 is 0 Å². The number of nitrogens with one attached hydrogen (secondary N) is 1. The first-order valence-electron chi connectivity index (χ1n) is 8.77. The summed E-state index contributed by atoms with van der Waals surface area (Å²) in [4.78, 5) is 0. The zero-order valence-corrected chi connectivity index (χ0v) is 14.8. The topological polar surface area (TPSA) is 39.7 Å². The average molecular weight is 321 g/mol. The molecule has 1 aromatic rings. The molecule has 1 atom stereocenters. The van der Waals surface area contributed by atoms with Gasteiger partial charge in [-0.1, -0.05) is 19.9 Å². The minimum absolute atomic E-state index is 0.642. The van der Waals surface area contributed by atoms with E-state index in [-0.39, 0.29) is 0 Å². The first-order valence-corrected chi connectivity index (χ1v) is 8.77. The Morgan fingerprint density at radius 2 is 2.17 bits per heavy atom. The molecule has 2 rings (SSSR count). The molecule has 1 saturated heterocycles. The molecule has 1 aromatic carbocycles. The molecule has 0 bridgehead atoms. The van der Waals surface area contributed by atoms with Crippen molar-refractivity contribution < 1.29 is 14.2 Å². The highest BCUT2D eigenvalue weighted by molar-refractivity contribution is 5.42. The highest BCUT2D eigenvalue weighted by Gasteiger charge is 2.13. The maximum Gasteiger partial charge on any atom is 0.161 e. The van der Waals surface area contributed by atoms with Crippen molar-refractivity contribution in [3.05, 3.63) is 23.8 Å². The molecule has 0 radical (unpaired) electrons. The summed E-state index contributed by atoms with van der Waals surface area (Å²) in [7, 11) is 1.69. The van der Waals surface area contributed by atoms with Crippen LogP contribution in [0, 0.1) is 11.8 Å². The van der Waals surface area contributed by atoms with Crippen LogP contribution in [0.15, 0.2) is 18.2 Å². The van der Waals surface area contributed by atoms with Crippen LogP contribution in [0.25, 0.3) is 0 Å². The SMILES string of the molecule is COc1ccc(CNCC2CCCOC2)cc1OCCC(C)C. The molecular weight excluding hydrogens is 290 g/mol. The number of methoxy groups -OCH3 is 1. The smallest absolute Gasteiger partial charge is 0.161 e. The van der Waals surface area contributed by atoms with Crippen LogP contribution in [0.3, 0.4) is 0 Å². The zero-order valence-electron chi connectivity index (χ0n) is 14.8. The summed E-state index contributed by atoms with van der Waals surface area (Å²) in [5.41, 5.74) is 1.22. The number of hydrogen-bond donors (Lipinski definition) is 1. The number of ether oxygens (including phenoxy) is 3. The number of benzene rings is 1. The summed E-state index contributed by atoms with van der Waals surface area (Å²) in [5, 5.41) is 3.53. The van der Waals surface area contributed by atoms with Crippen LogP contribution in [0.4, 0.5) is 0 Å². The summed E-state index contributed by atoms with van der Waals surface area (Å²) in [6.45, 7) is 8.80. The third-order valence-electron chi connectivity index (χ3n) is 4.20. The van der Waals surface area contributed by atoms with Gasteiger partial charge in [0.25, 0.3) is 0 Å². The Balaban J connectivity index is 1.83. The monoisotopic (exact) mass is 321 g/mol. The van der Waals surface area contributed by atoms with E-state index in [2.05, 4.69) is 31.3 Å². The first kappa shape index (κ1) is 18.1. The molecule has 0 aliphatic carbocycles. The van der Waals surface area contributed by atoms with Gasteiger partial charge in [0.05, 0.1) is 20.3 Å². The van der Waals surface area contributed by atoms with Gasteiger partial charge in [0.15, 0.2) is 11.5 Å². The molecule has 1 unspecified atom stereocenters. The Kier molecular flexibility index (Phi) is 7.69. The summed E-state index contributed by atoms with van der Waals surface area (Å²) < 4.78 is 16.8. The normalized spacial score (nSPS) is 18.2. The Morgan fingerprint density at radius 3 is 2.87 bits per heavy atom. The lowest BCUT2D eigenvalue weighted by Gasteiger charge is -2.22. The van der Waals surface area contributed by atoms with Gasteiger partial charge < -0.3 is 19.5 Å². The molecule has 1 heterocycles.